The van der Waals surface area contributed by atoms with Crippen LogP contribution >= 0.6 is 11.3 Å². The number of piperidine rings is 1. The first-order valence-corrected chi connectivity index (χ1v) is 11.9. The van der Waals surface area contributed by atoms with Gasteiger partial charge in [-0.3, -0.25) is 9.59 Å². The van der Waals surface area contributed by atoms with E-state index in [1.54, 1.807) is 0 Å². The maximum atomic E-state index is 13.1. The van der Waals surface area contributed by atoms with Gasteiger partial charge in [0, 0.05) is 31.1 Å². The highest BCUT2D eigenvalue weighted by atomic mass is 32.1. The number of carbonyl (C=O) groups is 2. The van der Waals surface area contributed by atoms with Crippen molar-refractivity contribution < 1.29 is 9.59 Å². The first-order valence-electron chi connectivity index (χ1n) is 11.1. The molecule has 1 saturated carbocycles. The van der Waals surface area contributed by atoms with E-state index in [9.17, 15) is 9.59 Å². The Kier molecular flexibility index (Phi) is 6.52. The van der Waals surface area contributed by atoms with Crippen molar-refractivity contribution in [1.82, 2.24) is 15.2 Å². The molecule has 30 heavy (non-hydrogen) atoms. The zero-order valence-corrected chi connectivity index (χ0v) is 18.8. The van der Waals surface area contributed by atoms with E-state index in [1.165, 1.54) is 29.7 Å². The van der Waals surface area contributed by atoms with Crippen molar-refractivity contribution in [2.75, 3.05) is 13.1 Å². The Hall–Kier alpha value is -2.21. The van der Waals surface area contributed by atoms with E-state index in [-0.39, 0.29) is 11.8 Å². The molecule has 0 atom stereocenters. The van der Waals surface area contributed by atoms with Crippen LogP contribution in [0.3, 0.4) is 0 Å². The Morgan fingerprint density at radius 1 is 1.07 bits per heavy atom. The van der Waals surface area contributed by atoms with Crippen LogP contribution in [0.1, 0.15) is 65.9 Å². The van der Waals surface area contributed by atoms with Crippen molar-refractivity contribution in [2.45, 2.75) is 64.8 Å². The second-order valence-corrected chi connectivity index (χ2v) is 9.79. The molecule has 2 amide bonds. The van der Waals surface area contributed by atoms with Crippen LogP contribution in [0.15, 0.2) is 24.3 Å². The van der Waals surface area contributed by atoms with E-state index in [2.05, 4.69) is 41.5 Å². The van der Waals surface area contributed by atoms with Gasteiger partial charge in [-0.2, -0.15) is 0 Å². The predicted molar refractivity (Wildman–Crippen MR) is 121 cm³/mol. The number of hydrogen-bond acceptors (Lipinski definition) is 4. The molecule has 6 heteroatoms. The quantitative estimate of drug-likeness (QED) is 0.753. The van der Waals surface area contributed by atoms with Crippen molar-refractivity contribution in [3.05, 3.63) is 40.4 Å². The van der Waals surface area contributed by atoms with Gasteiger partial charge in [0.05, 0.1) is 5.69 Å². The lowest BCUT2D eigenvalue weighted by Crippen LogP contribution is -2.40. The van der Waals surface area contributed by atoms with E-state index in [0.717, 1.165) is 59.9 Å². The highest BCUT2D eigenvalue weighted by molar-refractivity contribution is 7.17. The zero-order chi connectivity index (χ0) is 21.1. The molecule has 1 N–H and O–H groups in total. The molecule has 5 nitrogen and oxygen atoms in total. The van der Waals surface area contributed by atoms with E-state index in [0.29, 0.717) is 18.4 Å². The number of likely N-dealkylation sites (tertiary alicyclic amines) is 1. The van der Waals surface area contributed by atoms with Gasteiger partial charge in [-0.15, -0.1) is 11.3 Å². The summed E-state index contributed by atoms with van der Waals surface area (Å²) in [6.07, 6.45) is 7.09. The molecule has 1 aromatic heterocycles. The summed E-state index contributed by atoms with van der Waals surface area (Å²) in [5.74, 6) is 0.645. The fourth-order valence-corrected chi connectivity index (χ4v) is 5.56. The fourth-order valence-electron chi connectivity index (χ4n) is 4.52. The summed E-state index contributed by atoms with van der Waals surface area (Å²) < 4.78 is 0. The number of amides is 2. The number of aryl methyl sites for hydroxylation is 2. The van der Waals surface area contributed by atoms with Crippen LogP contribution in [0.2, 0.25) is 0 Å². The summed E-state index contributed by atoms with van der Waals surface area (Å²) in [4.78, 5) is 32.7. The first-order chi connectivity index (χ1) is 14.5. The third-order valence-corrected chi connectivity index (χ3v) is 7.58. The van der Waals surface area contributed by atoms with E-state index >= 15 is 0 Å². The van der Waals surface area contributed by atoms with E-state index < -0.39 is 0 Å². The van der Waals surface area contributed by atoms with Crippen LogP contribution in [0.25, 0.3) is 10.6 Å². The Morgan fingerprint density at radius 3 is 2.40 bits per heavy atom. The van der Waals surface area contributed by atoms with Gasteiger partial charge >= 0.3 is 0 Å². The number of nitrogens with one attached hydrogen (secondary N) is 1. The van der Waals surface area contributed by atoms with Crippen LogP contribution in [0.4, 0.5) is 0 Å². The molecule has 2 aromatic rings. The second-order valence-electron chi connectivity index (χ2n) is 8.79. The minimum absolute atomic E-state index is 0.0808. The minimum Gasteiger partial charge on any atom is -0.353 e. The van der Waals surface area contributed by atoms with Crippen molar-refractivity contribution >= 4 is 23.2 Å². The summed E-state index contributed by atoms with van der Waals surface area (Å²) >= 11 is 1.48. The predicted octanol–water partition coefficient (Wildman–Crippen LogP) is 4.73. The number of nitrogens with zero attached hydrogens (tertiary/aromatic N) is 2. The molecule has 2 fully saturated rings. The molecule has 2 aliphatic rings. The molecule has 1 aliphatic heterocycles. The van der Waals surface area contributed by atoms with E-state index in [1.807, 2.05) is 11.8 Å². The van der Waals surface area contributed by atoms with Gasteiger partial charge in [-0.1, -0.05) is 42.7 Å². The summed E-state index contributed by atoms with van der Waals surface area (Å²) in [6.45, 7) is 5.42. The molecule has 1 aromatic carbocycles. The average Bonchev–Trinajstić information content (AvgIpc) is 3.38. The molecule has 160 valence electrons. The Morgan fingerprint density at radius 2 is 1.73 bits per heavy atom. The van der Waals surface area contributed by atoms with Crippen LogP contribution in [0, 0.1) is 19.8 Å². The van der Waals surface area contributed by atoms with E-state index in [4.69, 9.17) is 0 Å². The smallest absolute Gasteiger partial charge is 0.265 e. The molecule has 0 radical (unpaired) electrons. The largest absolute Gasteiger partial charge is 0.353 e. The monoisotopic (exact) mass is 425 g/mol. The molecule has 4 rings (SSSR count). The number of carbonyl (C=O) groups excluding carboxylic acids is 2. The lowest BCUT2D eigenvalue weighted by molar-refractivity contribution is -0.123. The Balaban J connectivity index is 1.32. The summed E-state index contributed by atoms with van der Waals surface area (Å²) in [6, 6.07) is 8.65. The fraction of sp³-hybridized carbons (Fsp3) is 0.542. The van der Waals surface area contributed by atoms with Gasteiger partial charge in [0.15, 0.2) is 0 Å². The molecule has 1 aliphatic carbocycles. The highest BCUT2D eigenvalue weighted by Gasteiger charge is 2.28. The minimum atomic E-state index is 0.0808. The molecular formula is C24H31N3O2S. The Labute approximate surface area is 182 Å². The van der Waals surface area contributed by atoms with Crippen LogP contribution in [-0.4, -0.2) is 40.8 Å². The third-order valence-electron chi connectivity index (χ3n) is 6.39. The molecule has 1 saturated heterocycles. The van der Waals surface area contributed by atoms with Crippen LogP contribution in [0.5, 0.6) is 0 Å². The molecular weight excluding hydrogens is 394 g/mol. The maximum absolute atomic E-state index is 13.1. The number of aromatic nitrogens is 1. The summed E-state index contributed by atoms with van der Waals surface area (Å²) in [5, 5.41) is 4.09. The van der Waals surface area contributed by atoms with Gasteiger partial charge in [-0.25, -0.2) is 4.98 Å². The number of rotatable bonds is 5. The molecule has 0 spiro atoms. The second kappa shape index (κ2) is 9.29. The molecule has 2 heterocycles. The lowest BCUT2D eigenvalue weighted by Gasteiger charge is -2.31. The number of thiazole rings is 1. The van der Waals surface area contributed by atoms with Crippen molar-refractivity contribution in [2.24, 2.45) is 5.92 Å². The van der Waals surface area contributed by atoms with Crippen molar-refractivity contribution in [3.8, 4) is 10.6 Å². The average molecular weight is 426 g/mol. The van der Waals surface area contributed by atoms with Crippen molar-refractivity contribution in [3.63, 3.8) is 0 Å². The van der Waals surface area contributed by atoms with Gasteiger partial charge in [-0.05, 0) is 45.4 Å². The SMILES string of the molecule is Cc1ccc(-c2nc(C)c(C(=O)N3CCC(CC(=O)NC4CCCC4)CC3)s2)cc1. The van der Waals surface area contributed by atoms with Gasteiger partial charge in [0.25, 0.3) is 5.91 Å². The van der Waals surface area contributed by atoms with Crippen LogP contribution in [-0.2, 0) is 4.79 Å². The topological polar surface area (TPSA) is 62.3 Å². The first kappa shape index (κ1) is 21.0. The van der Waals surface area contributed by atoms with Gasteiger partial charge < -0.3 is 10.2 Å². The summed E-state index contributed by atoms with van der Waals surface area (Å²) in [7, 11) is 0. The lowest BCUT2D eigenvalue weighted by atomic mass is 9.93. The van der Waals surface area contributed by atoms with Gasteiger partial charge in [0.1, 0.15) is 9.88 Å². The normalized spacial score (nSPS) is 18.0. The Bertz CT molecular complexity index is 892. The molecule has 0 bridgehead atoms. The van der Waals surface area contributed by atoms with Crippen molar-refractivity contribution in [1.29, 1.82) is 0 Å². The van der Waals surface area contributed by atoms with Crippen LogP contribution < -0.4 is 5.32 Å². The van der Waals surface area contributed by atoms with Gasteiger partial charge in [0.2, 0.25) is 5.91 Å². The zero-order valence-electron chi connectivity index (χ0n) is 17.9. The molecule has 0 unspecified atom stereocenters. The highest BCUT2D eigenvalue weighted by Crippen LogP contribution is 2.30. The number of benzene rings is 1. The number of hydrogen-bond donors (Lipinski definition) is 1. The maximum Gasteiger partial charge on any atom is 0.265 e. The summed E-state index contributed by atoms with van der Waals surface area (Å²) in [5.41, 5.74) is 3.07. The standard InChI is InChI=1S/C24H31N3O2S/c1-16-7-9-19(10-8-16)23-25-17(2)22(30-23)24(29)27-13-11-18(12-14-27)15-21(28)26-20-5-3-4-6-20/h7-10,18,20H,3-6,11-15H2,1-2H3,(H,26,28). The third kappa shape index (κ3) is 4.91.